The minimum atomic E-state index is -3.06. The summed E-state index contributed by atoms with van der Waals surface area (Å²) in [6.07, 6.45) is 0.439. The first-order valence-electron chi connectivity index (χ1n) is 7.18. The smallest absolute Gasteiger partial charge is 0.271 e. The molecule has 2 rings (SSSR count). The standard InChI is InChI=1S/C14H19N3O5S/c1-10(15-11-4-3-5-12(8-11)17(19)20)14(18)16(2)13-6-7-23(21,22)9-13/h3-5,8,10,13,15H,6-7,9H2,1-2H3/t10-,13-/m1/s1. The van der Waals surface area contributed by atoms with Crippen LogP contribution in [-0.4, -0.2) is 54.8 Å². The van der Waals surface area contributed by atoms with Crippen LogP contribution in [0.2, 0.25) is 0 Å². The number of likely N-dealkylation sites (N-methyl/N-ethyl adjacent to an activating group) is 1. The molecule has 1 saturated heterocycles. The van der Waals surface area contributed by atoms with Gasteiger partial charge in [0.25, 0.3) is 5.69 Å². The van der Waals surface area contributed by atoms with Crippen LogP contribution < -0.4 is 5.32 Å². The van der Waals surface area contributed by atoms with E-state index in [1.807, 2.05) is 0 Å². The molecule has 1 heterocycles. The molecule has 1 aromatic rings. The number of amides is 1. The number of carbonyl (C=O) groups is 1. The van der Waals surface area contributed by atoms with E-state index >= 15 is 0 Å². The highest BCUT2D eigenvalue weighted by Crippen LogP contribution is 2.20. The van der Waals surface area contributed by atoms with Crippen molar-refractivity contribution < 1.29 is 18.1 Å². The van der Waals surface area contributed by atoms with Gasteiger partial charge < -0.3 is 10.2 Å². The fraction of sp³-hybridized carbons (Fsp3) is 0.500. The van der Waals surface area contributed by atoms with E-state index in [0.29, 0.717) is 12.1 Å². The second-order valence-corrected chi connectivity index (χ2v) is 7.91. The maximum absolute atomic E-state index is 12.4. The van der Waals surface area contributed by atoms with Gasteiger partial charge in [0.05, 0.1) is 16.4 Å². The summed E-state index contributed by atoms with van der Waals surface area (Å²) in [5.41, 5.74) is 0.400. The van der Waals surface area contributed by atoms with E-state index < -0.39 is 20.8 Å². The third-order valence-corrected chi connectivity index (χ3v) is 5.66. The molecule has 1 aliphatic heterocycles. The number of nitrogens with one attached hydrogen (secondary N) is 1. The summed E-state index contributed by atoms with van der Waals surface area (Å²) in [7, 11) is -1.48. The van der Waals surface area contributed by atoms with Crippen molar-refractivity contribution in [2.24, 2.45) is 0 Å². The fourth-order valence-electron chi connectivity index (χ4n) is 2.59. The van der Waals surface area contributed by atoms with Crippen LogP contribution in [0.5, 0.6) is 0 Å². The highest BCUT2D eigenvalue weighted by molar-refractivity contribution is 7.91. The van der Waals surface area contributed by atoms with Crippen molar-refractivity contribution in [2.45, 2.75) is 25.4 Å². The number of hydrogen-bond acceptors (Lipinski definition) is 6. The number of rotatable bonds is 5. The van der Waals surface area contributed by atoms with Gasteiger partial charge in [-0.15, -0.1) is 0 Å². The van der Waals surface area contributed by atoms with E-state index in [2.05, 4.69) is 5.32 Å². The normalized spacial score (nSPS) is 20.7. The molecule has 0 radical (unpaired) electrons. The molecule has 1 aliphatic rings. The van der Waals surface area contributed by atoms with Crippen molar-refractivity contribution in [1.82, 2.24) is 4.90 Å². The molecule has 8 nitrogen and oxygen atoms in total. The van der Waals surface area contributed by atoms with Crippen molar-refractivity contribution in [1.29, 1.82) is 0 Å². The molecular weight excluding hydrogens is 322 g/mol. The highest BCUT2D eigenvalue weighted by Gasteiger charge is 2.34. The number of sulfone groups is 1. The second-order valence-electron chi connectivity index (χ2n) is 5.68. The number of non-ortho nitro benzene ring substituents is 1. The molecule has 1 fully saturated rings. The first-order chi connectivity index (χ1) is 10.7. The van der Waals surface area contributed by atoms with Crippen molar-refractivity contribution >= 4 is 27.1 Å². The third-order valence-electron chi connectivity index (χ3n) is 3.91. The summed E-state index contributed by atoms with van der Waals surface area (Å²) >= 11 is 0. The average molecular weight is 341 g/mol. The summed E-state index contributed by atoms with van der Waals surface area (Å²) in [5.74, 6) is -0.167. The predicted molar refractivity (Wildman–Crippen MR) is 86.0 cm³/mol. The van der Waals surface area contributed by atoms with Crippen LogP contribution in [0.15, 0.2) is 24.3 Å². The van der Waals surface area contributed by atoms with Crippen LogP contribution >= 0.6 is 0 Å². The van der Waals surface area contributed by atoms with Crippen LogP contribution in [0, 0.1) is 10.1 Å². The van der Waals surface area contributed by atoms with Crippen molar-refractivity contribution in [3.63, 3.8) is 0 Å². The maximum Gasteiger partial charge on any atom is 0.271 e. The van der Waals surface area contributed by atoms with Crippen LogP contribution in [0.1, 0.15) is 13.3 Å². The summed E-state index contributed by atoms with van der Waals surface area (Å²) in [6.45, 7) is 1.64. The van der Waals surface area contributed by atoms with Crippen LogP contribution in [0.3, 0.4) is 0 Å². The van der Waals surface area contributed by atoms with Gasteiger partial charge in [0, 0.05) is 30.9 Å². The van der Waals surface area contributed by atoms with Crippen molar-refractivity contribution in [3.05, 3.63) is 34.4 Å². The fourth-order valence-corrected chi connectivity index (χ4v) is 4.36. The number of nitro groups is 1. The number of nitrogens with zero attached hydrogens (tertiary/aromatic N) is 2. The molecule has 0 unspecified atom stereocenters. The Labute approximate surface area is 134 Å². The molecular formula is C14H19N3O5S. The van der Waals surface area contributed by atoms with E-state index in [9.17, 15) is 23.3 Å². The lowest BCUT2D eigenvalue weighted by molar-refractivity contribution is -0.384. The van der Waals surface area contributed by atoms with E-state index in [1.165, 1.54) is 23.1 Å². The molecule has 9 heteroatoms. The minimum absolute atomic E-state index is 0.0151. The zero-order chi connectivity index (χ0) is 17.2. The summed E-state index contributed by atoms with van der Waals surface area (Å²) in [6, 6.07) is 4.95. The Morgan fingerprint density at radius 2 is 2.17 bits per heavy atom. The number of anilines is 1. The molecule has 23 heavy (non-hydrogen) atoms. The Kier molecular flexibility index (Phi) is 4.88. The van der Waals surface area contributed by atoms with Crippen molar-refractivity contribution in [3.8, 4) is 0 Å². The van der Waals surface area contributed by atoms with E-state index in [1.54, 1.807) is 20.0 Å². The van der Waals surface area contributed by atoms with Gasteiger partial charge in [-0.3, -0.25) is 14.9 Å². The Hall–Kier alpha value is -2.16. The second kappa shape index (κ2) is 6.53. The number of nitro benzene ring substituents is 1. The zero-order valence-electron chi connectivity index (χ0n) is 12.9. The Balaban J connectivity index is 2.02. The lowest BCUT2D eigenvalue weighted by atomic mass is 10.2. The molecule has 2 atom stereocenters. The Morgan fingerprint density at radius 1 is 1.48 bits per heavy atom. The van der Waals surface area contributed by atoms with Gasteiger partial charge in [-0.2, -0.15) is 0 Å². The molecule has 126 valence electrons. The molecule has 1 N–H and O–H groups in total. The Bertz CT molecular complexity index is 719. The summed E-state index contributed by atoms with van der Waals surface area (Å²) in [4.78, 5) is 24.1. The first-order valence-corrected chi connectivity index (χ1v) is 9.00. The first kappa shape index (κ1) is 17.2. The lowest BCUT2D eigenvalue weighted by Crippen LogP contribution is -2.45. The molecule has 0 aromatic heterocycles. The van der Waals surface area contributed by atoms with Gasteiger partial charge in [-0.1, -0.05) is 6.07 Å². The maximum atomic E-state index is 12.4. The van der Waals surface area contributed by atoms with E-state index in [-0.39, 0.29) is 29.1 Å². The van der Waals surface area contributed by atoms with E-state index in [4.69, 9.17) is 0 Å². The van der Waals surface area contributed by atoms with Crippen LogP contribution in [-0.2, 0) is 14.6 Å². The molecule has 0 aliphatic carbocycles. The molecule has 1 aromatic carbocycles. The highest BCUT2D eigenvalue weighted by atomic mass is 32.2. The molecule has 0 spiro atoms. The van der Waals surface area contributed by atoms with Gasteiger partial charge in [-0.05, 0) is 19.4 Å². The average Bonchev–Trinajstić information content (AvgIpc) is 2.86. The monoisotopic (exact) mass is 341 g/mol. The topological polar surface area (TPSA) is 110 Å². The zero-order valence-corrected chi connectivity index (χ0v) is 13.7. The quantitative estimate of drug-likeness (QED) is 0.633. The van der Waals surface area contributed by atoms with Crippen LogP contribution in [0.25, 0.3) is 0 Å². The number of hydrogen-bond donors (Lipinski definition) is 1. The van der Waals surface area contributed by atoms with Gasteiger partial charge in [0.1, 0.15) is 6.04 Å². The van der Waals surface area contributed by atoms with Crippen LogP contribution in [0.4, 0.5) is 11.4 Å². The van der Waals surface area contributed by atoms with Gasteiger partial charge in [-0.25, -0.2) is 8.42 Å². The number of benzene rings is 1. The van der Waals surface area contributed by atoms with Crippen molar-refractivity contribution in [2.75, 3.05) is 23.9 Å². The third kappa shape index (κ3) is 4.19. The van der Waals surface area contributed by atoms with Gasteiger partial charge in [0.15, 0.2) is 9.84 Å². The van der Waals surface area contributed by atoms with E-state index in [0.717, 1.165) is 0 Å². The summed E-state index contributed by atoms with van der Waals surface area (Å²) < 4.78 is 23.0. The largest absolute Gasteiger partial charge is 0.374 e. The van der Waals surface area contributed by atoms with Gasteiger partial charge >= 0.3 is 0 Å². The predicted octanol–water partition coefficient (Wildman–Crippen LogP) is 1.04. The molecule has 0 bridgehead atoms. The summed E-state index contributed by atoms with van der Waals surface area (Å²) in [5, 5.41) is 13.7. The molecule has 0 saturated carbocycles. The SMILES string of the molecule is C[C@@H](Nc1cccc([N+](=O)[O-])c1)C(=O)N(C)[C@@H]1CCS(=O)(=O)C1. The lowest BCUT2D eigenvalue weighted by Gasteiger charge is -2.27. The van der Waals surface area contributed by atoms with Gasteiger partial charge in [0.2, 0.25) is 5.91 Å². The Morgan fingerprint density at radius 3 is 2.74 bits per heavy atom. The molecule has 1 amide bonds. The minimum Gasteiger partial charge on any atom is -0.374 e. The number of carbonyl (C=O) groups excluding carboxylic acids is 1.